The molecule has 2 aromatic carbocycles. The van der Waals surface area contributed by atoms with Crippen LogP contribution in [0.3, 0.4) is 0 Å². The molecular formula is C24H34INO5. The highest BCUT2D eigenvalue weighted by atomic mass is 127. The van der Waals surface area contributed by atoms with Crippen LogP contribution in [0, 0.1) is 0 Å². The summed E-state index contributed by atoms with van der Waals surface area (Å²) in [5.74, 6) is 0.848. The summed E-state index contributed by atoms with van der Waals surface area (Å²) in [7, 11) is 4.57. The van der Waals surface area contributed by atoms with Crippen LogP contribution in [0.1, 0.15) is 42.8 Å². The number of halogens is 1. The molecule has 0 bridgehead atoms. The average Bonchev–Trinajstić information content (AvgIpc) is 2.81. The fourth-order valence-corrected chi connectivity index (χ4v) is 3.68. The number of likely N-dealkylation sites (N-methyl/N-ethyl adjacent to an activating group) is 1. The third-order valence-corrected chi connectivity index (χ3v) is 5.89. The molecule has 0 radical (unpaired) electrons. The van der Waals surface area contributed by atoms with Gasteiger partial charge < -0.3 is 47.4 Å². The van der Waals surface area contributed by atoms with Crippen LogP contribution in [0.5, 0.6) is 17.2 Å². The first-order chi connectivity index (χ1) is 14.5. The number of benzene rings is 2. The number of carbonyl (C=O) groups is 1. The van der Waals surface area contributed by atoms with Crippen LogP contribution in [0.2, 0.25) is 0 Å². The van der Waals surface area contributed by atoms with E-state index < -0.39 is 5.97 Å². The molecule has 0 aliphatic carbocycles. The number of esters is 1. The van der Waals surface area contributed by atoms with Crippen LogP contribution < -0.4 is 38.2 Å². The van der Waals surface area contributed by atoms with E-state index in [1.807, 2.05) is 30.3 Å². The van der Waals surface area contributed by atoms with Crippen molar-refractivity contribution >= 4 is 5.97 Å². The number of methoxy groups -OCH3 is 3. The summed E-state index contributed by atoms with van der Waals surface area (Å²) in [6.45, 7) is 10.2. The standard InChI is InChI=1S/C24H34NO5.HI/c1-7-25(8-2,9-3)17-22(18-13-11-10-12-14-18)30-24(26)19-15-20(27-4)23(29-6)21(16-19)28-5;/h10-16,22H,7-9,17H2,1-6H3;1H/q+1;/p-1. The average molecular weight is 543 g/mol. The number of hydrogen-bond acceptors (Lipinski definition) is 5. The molecule has 0 saturated carbocycles. The van der Waals surface area contributed by atoms with Gasteiger partial charge in [-0.1, -0.05) is 30.3 Å². The summed E-state index contributed by atoms with van der Waals surface area (Å²) in [4.78, 5) is 13.1. The highest BCUT2D eigenvalue weighted by Gasteiger charge is 2.30. The lowest BCUT2D eigenvalue weighted by Crippen LogP contribution is -3.00. The van der Waals surface area contributed by atoms with E-state index in [4.69, 9.17) is 18.9 Å². The molecule has 7 heteroatoms. The third-order valence-electron chi connectivity index (χ3n) is 5.89. The molecule has 0 N–H and O–H groups in total. The van der Waals surface area contributed by atoms with E-state index in [0.717, 1.165) is 29.7 Å². The minimum Gasteiger partial charge on any atom is -1.00 e. The largest absolute Gasteiger partial charge is 1.00 e. The molecule has 0 aliphatic rings. The maximum Gasteiger partial charge on any atom is 0.339 e. The van der Waals surface area contributed by atoms with Gasteiger partial charge in [-0.25, -0.2) is 4.79 Å². The molecule has 0 amide bonds. The number of nitrogens with zero attached hydrogens (tertiary/aromatic N) is 1. The Hall–Kier alpha value is -2.00. The minimum absolute atomic E-state index is 0. The smallest absolute Gasteiger partial charge is 0.339 e. The van der Waals surface area contributed by atoms with Crippen molar-refractivity contribution < 1.29 is 52.2 Å². The van der Waals surface area contributed by atoms with Gasteiger partial charge in [-0.3, -0.25) is 0 Å². The number of ether oxygens (including phenoxy) is 4. The number of quaternary nitrogens is 1. The molecule has 1 atom stereocenters. The predicted molar refractivity (Wildman–Crippen MR) is 117 cm³/mol. The van der Waals surface area contributed by atoms with Gasteiger partial charge in [0, 0.05) is 0 Å². The Kier molecular flexibility index (Phi) is 11.1. The molecular weight excluding hydrogens is 509 g/mol. The summed E-state index contributed by atoms with van der Waals surface area (Å²) in [5, 5.41) is 0. The van der Waals surface area contributed by atoms with Crippen molar-refractivity contribution in [2.75, 3.05) is 47.5 Å². The van der Waals surface area contributed by atoms with Crippen molar-refractivity contribution in [3.63, 3.8) is 0 Å². The Bertz CT molecular complexity index is 791. The first-order valence-electron chi connectivity index (χ1n) is 10.4. The first kappa shape index (κ1) is 27.0. The van der Waals surface area contributed by atoms with E-state index in [1.54, 1.807) is 12.1 Å². The fourth-order valence-electron chi connectivity index (χ4n) is 3.68. The second kappa shape index (κ2) is 12.8. The zero-order chi connectivity index (χ0) is 22.1. The number of carbonyl (C=O) groups excluding carboxylic acids is 1. The quantitative estimate of drug-likeness (QED) is 0.244. The summed E-state index contributed by atoms with van der Waals surface area (Å²) < 4.78 is 23.0. The molecule has 0 spiro atoms. The van der Waals surface area contributed by atoms with Crippen LogP contribution in [0.15, 0.2) is 42.5 Å². The van der Waals surface area contributed by atoms with E-state index in [-0.39, 0.29) is 30.1 Å². The lowest BCUT2D eigenvalue weighted by atomic mass is 10.1. The van der Waals surface area contributed by atoms with E-state index in [9.17, 15) is 4.79 Å². The van der Waals surface area contributed by atoms with Crippen LogP contribution in [0.25, 0.3) is 0 Å². The predicted octanol–water partition coefficient (Wildman–Crippen LogP) is 1.49. The molecule has 172 valence electrons. The summed E-state index contributed by atoms with van der Waals surface area (Å²) in [6, 6.07) is 13.1. The Labute approximate surface area is 203 Å². The summed E-state index contributed by atoms with van der Waals surface area (Å²) in [6.07, 6.45) is -0.363. The Balaban J connectivity index is 0.00000480. The van der Waals surface area contributed by atoms with Gasteiger partial charge in [0.15, 0.2) is 17.6 Å². The molecule has 2 aromatic rings. The second-order valence-electron chi connectivity index (χ2n) is 7.19. The van der Waals surface area contributed by atoms with Gasteiger partial charge in [-0.2, -0.15) is 0 Å². The van der Waals surface area contributed by atoms with Crippen molar-refractivity contribution in [3.05, 3.63) is 53.6 Å². The van der Waals surface area contributed by atoms with Crippen LogP contribution in [-0.2, 0) is 4.74 Å². The SMILES string of the molecule is CC[N+](CC)(CC)CC(OC(=O)c1cc(OC)c(OC)c(OC)c1)c1ccccc1.[I-]. The zero-order valence-corrected chi connectivity index (χ0v) is 21.5. The van der Waals surface area contributed by atoms with Crippen molar-refractivity contribution in [2.45, 2.75) is 26.9 Å². The zero-order valence-electron chi connectivity index (χ0n) is 19.3. The number of rotatable bonds is 11. The highest BCUT2D eigenvalue weighted by molar-refractivity contribution is 5.91. The molecule has 31 heavy (non-hydrogen) atoms. The lowest BCUT2D eigenvalue weighted by Gasteiger charge is -2.38. The number of hydrogen-bond donors (Lipinski definition) is 0. The molecule has 1 unspecified atom stereocenters. The first-order valence-corrected chi connectivity index (χ1v) is 10.4. The second-order valence-corrected chi connectivity index (χ2v) is 7.19. The monoisotopic (exact) mass is 543 g/mol. The lowest BCUT2D eigenvalue weighted by molar-refractivity contribution is -0.926. The molecule has 0 heterocycles. The maximum atomic E-state index is 13.1. The van der Waals surface area contributed by atoms with E-state index in [0.29, 0.717) is 29.4 Å². The maximum absolute atomic E-state index is 13.1. The van der Waals surface area contributed by atoms with Crippen molar-refractivity contribution in [2.24, 2.45) is 0 Å². The molecule has 6 nitrogen and oxygen atoms in total. The van der Waals surface area contributed by atoms with Gasteiger partial charge in [-0.15, -0.1) is 0 Å². The van der Waals surface area contributed by atoms with E-state index in [1.165, 1.54) is 21.3 Å². The molecule has 0 aliphatic heterocycles. The van der Waals surface area contributed by atoms with Gasteiger partial charge in [-0.05, 0) is 38.5 Å². The fraction of sp³-hybridized carbons (Fsp3) is 0.458. The van der Waals surface area contributed by atoms with Crippen molar-refractivity contribution in [1.29, 1.82) is 0 Å². The van der Waals surface area contributed by atoms with Crippen LogP contribution in [-0.4, -0.2) is 58.0 Å². The van der Waals surface area contributed by atoms with Crippen molar-refractivity contribution in [3.8, 4) is 17.2 Å². The summed E-state index contributed by atoms with van der Waals surface area (Å²) in [5.41, 5.74) is 1.34. The summed E-state index contributed by atoms with van der Waals surface area (Å²) >= 11 is 0. The Morgan fingerprint density at radius 1 is 0.871 bits per heavy atom. The Morgan fingerprint density at radius 3 is 1.81 bits per heavy atom. The van der Waals surface area contributed by atoms with Crippen molar-refractivity contribution in [1.82, 2.24) is 0 Å². The normalized spacial score (nSPS) is 11.8. The topological polar surface area (TPSA) is 54.0 Å². The van der Waals surface area contributed by atoms with Crippen LogP contribution >= 0.6 is 0 Å². The van der Waals surface area contributed by atoms with Gasteiger partial charge in [0.05, 0.1) is 46.5 Å². The van der Waals surface area contributed by atoms with Gasteiger partial charge in [0.25, 0.3) is 0 Å². The van der Waals surface area contributed by atoms with Gasteiger partial charge >= 0.3 is 5.97 Å². The van der Waals surface area contributed by atoms with E-state index >= 15 is 0 Å². The van der Waals surface area contributed by atoms with Crippen LogP contribution in [0.4, 0.5) is 0 Å². The van der Waals surface area contributed by atoms with Gasteiger partial charge in [0.1, 0.15) is 6.54 Å². The molecule has 2 rings (SSSR count). The third kappa shape index (κ3) is 6.49. The molecule has 0 saturated heterocycles. The highest BCUT2D eigenvalue weighted by Crippen LogP contribution is 2.38. The Morgan fingerprint density at radius 2 is 1.39 bits per heavy atom. The van der Waals surface area contributed by atoms with Gasteiger partial charge in [0.2, 0.25) is 5.75 Å². The van der Waals surface area contributed by atoms with E-state index in [2.05, 4.69) is 20.8 Å². The molecule has 0 aromatic heterocycles. The molecule has 0 fully saturated rings. The minimum atomic E-state index is -0.426.